The van der Waals surface area contributed by atoms with E-state index in [0.29, 0.717) is 17.8 Å². The van der Waals surface area contributed by atoms with Crippen molar-refractivity contribution >= 4 is 16.7 Å². The molecule has 0 spiro atoms. The first-order chi connectivity index (χ1) is 12.6. The highest BCUT2D eigenvalue weighted by molar-refractivity contribution is 5.95. The number of hydrogen-bond donors (Lipinski definition) is 1. The van der Waals surface area contributed by atoms with Crippen LogP contribution < -0.4 is 5.73 Å². The molecule has 3 rings (SSSR count). The lowest BCUT2D eigenvalue weighted by Gasteiger charge is -2.28. The van der Waals surface area contributed by atoms with Gasteiger partial charge in [-0.05, 0) is 23.3 Å². The number of allylic oxidation sites excluding steroid dienone is 2. The van der Waals surface area contributed by atoms with Gasteiger partial charge in [-0.3, -0.25) is 0 Å². The summed E-state index contributed by atoms with van der Waals surface area (Å²) in [6.45, 7) is 3.86. The van der Waals surface area contributed by atoms with Crippen LogP contribution in [0.15, 0.2) is 65.3 Å². The largest absolute Gasteiger partial charge is 0.463 e. The van der Waals surface area contributed by atoms with Gasteiger partial charge in [-0.25, -0.2) is 4.79 Å². The van der Waals surface area contributed by atoms with Gasteiger partial charge in [0.05, 0.1) is 18.1 Å². The number of benzene rings is 2. The van der Waals surface area contributed by atoms with Crippen LogP contribution in [0.2, 0.25) is 0 Å². The van der Waals surface area contributed by atoms with Gasteiger partial charge in [-0.1, -0.05) is 49.4 Å². The number of carbonyl (C=O) groups excluding carboxylic acids is 1. The van der Waals surface area contributed by atoms with Gasteiger partial charge < -0.3 is 15.2 Å². The highest BCUT2D eigenvalue weighted by atomic mass is 16.5. The van der Waals surface area contributed by atoms with Gasteiger partial charge in [0.1, 0.15) is 17.4 Å². The lowest BCUT2D eigenvalue weighted by atomic mass is 9.80. The van der Waals surface area contributed by atoms with Crippen molar-refractivity contribution in [1.82, 2.24) is 0 Å². The number of hydrogen-bond acceptors (Lipinski definition) is 5. The third-order valence-corrected chi connectivity index (χ3v) is 4.45. The Balaban J connectivity index is 2.30. The maximum absolute atomic E-state index is 12.7. The average molecular weight is 348 g/mol. The lowest BCUT2D eigenvalue weighted by Crippen LogP contribution is -2.26. The van der Waals surface area contributed by atoms with Gasteiger partial charge in [0.25, 0.3) is 0 Å². The van der Waals surface area contributed by atoms with Crippen molar-refractivity contribution < 1.29 is 14.3 Å². The van der Waals surface area contributed by atoms with Crippen molar-refractivity contribution in [2.24, 2.45) is 5.73 Å². The molecule has 1 aliphatic heterocycles. The minimum Gasteiger partial charge on any atom is -0.463 e. The summed E-state index contributed by atoms with van der Waals surface area (Å²) in [4.78, 5) is 12.7. The number of nitrogens with two attached hydrogens (primary N) is 1. The number of fused-ring (bicyclic) bond motifs is 1. The minimum absolute atomic E-state index is 0.0373. The minimum atomic E-state index is -0.617. The molecule has 0 aliphatic carbocycles. The van der Waals surface area contributed by atoms with Gasteiger partial charge in [-0.2, -0.15) is 5.26 Å². The summed E-state index contributed by atoms with van der Waals surface area (Å²) in [7, 11) is 0. The van der Waals surface area contributed by atoms with E-state index in [9.17, 15) is 10.1 Å². The summed E-state index contributed by atoms with van der Waals surface area (Å²) >= 11 is 0. The first-order valence-electron chi connectivity index (χ1n) is 8.57. The number of nitrogens with zero attached hydrogens (tertiary/aromatic N) is 1. The van der Waals surface area contributed by atoms with Crippen molar-refractivity contribution in [3.05, 3.63) is 70.8 Å². The Morgan fingerprint density at radius 3 is 2.65 bits per heavy atom. The Bertz CT molecular complexity index is 961. The summed E-state index contributed by atoms with van der Waals surface area (Å²) in [5.41, 5.74) is 7.41. The average Bonchev–Trinajstić information content (AvgIpc) is 2.66. The SMILES string of the molecule is CCOC(=O)C1=C(CC)OC(N)=C(C#N)[C@@H]1c1cccc2ccccc12. The molecule has 0 radical (unpaired) electrons. The molecule has 132 valence electrons. The van der Waals surface area contributed by atoms with Crippen molar-refractivity contribution in [2.45, 2.75) is 26.2 Å². The first kappa shape index (κ1) is 17.6. The van der Waals surface area contributed by atoms with E-state index in [1.807, 2.05) is 49.4 Å². The zero-order chi connectivity index (χ0) is 18.7. The van der Waals surface area contributed by atoms with E-state index >= 15 is 0 Å². The van der Waals surface area contributed by atoms with Crippen molar-refractivity contribution in [3.63, 3.8) is 0 Å². The van der Waals surface area contributed by atoms with Crippen LogP contribution in [0.25, 0.3) is 10.8 Å². The Labute approximate surface area is 152 Å². The summed E-state index contributed by atoms with van der Waals surface area (Å²) in [6, 6.07) is 15.8. The Morgan fingerprint density at radius 2 is 1.96 bits per heavy atom. The van der Waals surface area contributed by atoms with Crippen LogP contribution in [-0.2, 0) is 14.3 Å². The van der Waals surface area contributed by atoms with Crippen LogP contribution >= 0.6 is 0 Å². The molecule has 0 aromatic heterocycles. The van der Waals surface area contributed by atoms with Crippen LogP contribution in [-0.4, -0.2) is 12.6 Å². The normalized spacial score (nSPS) is 17.0. The summed E-state index contributed by atoms with van der Waals surface area (Å²) in [6.07, 6.45) is 0.467. The molecule has 0 fully saturated rings. The second kappa shape index (κ2) is 7.32. The van der Waals surface area contributed by atoms with Gasteiger partial charge >= 0.3 is 5.97 Å². The van der Waals surface area contributed by atoms with E-state index in [2.05, 4.69) is 6.07 Å². The number of ether oxygens (including phenoxy) is 2. The zero-order valence-corrected chi connectivity index (χ0v) is 14.8. The smallest absolute Gasteiger partial charge is 0.338 e. The van der Waals surface area contributed by atoms with Crippen molar-refractivity contribution in [1.29, 1.82) is 5.26 Å². The van der Waals surface area contributed by atoms with Crippen molar-refractivity contribution in [3.8, 4) is 6.07 Å². The molecule has 0 saturated carbocycles. The van der Waals surface area contributed by atoms with Crippen LogP contribution in [0.5, 0.6) is 0 Å². The van der Waals surface area contributed by atoms with Crippen LogP contribution in [0.3, 0.4) is 0 Å². The van der Waals surface area contributed by atoms with E-state index in [1.165, 1.54) is 0 Å². The third-order valence-electron chi connectivity index (χ3n) is 4.45. The summed E-state index contributed by atoms with van der Waals surface area (Å²) in [5, 5.41) is 11.7. The van der Waals surface area contributed by atoms with E-state index in [-0.39, 0.29) is 18.1 Å². The molecule has 0 amide bonds. The molecule has 1 aliphatic rings. The zero-order valence-electron chi connectivity index (χ0n) is 14.8. The van der Waals surface area contributed by atoms with Gasteiger partial charge in [0.15, 0.2) is 0 Å². The predicted octanol–water partition coefficient (Wildman–Crippen LogP) is 3.87. The molecule has 0 bridgehead atoms. The highest BCUT2D eigenvalue weighted by Gasteiger charge is 2.37. The molecule has 1 atom stereocenters. The first-order valence-corrected chi connectivity index (χ1v) is 8.57. The van der Waals surface area contributed by atoms with E-state index in [1.54, 1.807) is 6.92 Å². The second-order valence-electron chi connectivity index (χ2n) is 5.90. The molecule has 26 heavy (non-hydrogen) atoms. The molecular formula is C21H20N2O3. The van der Waals surface area contributed by atoms with Crippen LogP contribution in [0.4, 0.5) is 0 Å². The number of esters is 1. The molecule has 5 nitrogen and oxygen atoms in total. The second-order valence-corrected chi connectivity index (χ2v) is 5.90. The van der Waals surface area contributed by atoms with Crippen molar-refractivity contribution in [2.75, 3.05) is 6.61 Å². The molecule has 0 unspecified atom stereocenters. The summed E-state index contributed by atoms with van der Waals surface area (Å²) < 4.78 is 10.9. The maximum Gasteiger partial charge on any atom is 0.338 e. The molecule has 5 heteroatoms. The van der Waals surface area contributed by atoms with Gasteiger partial charge in [-0.15, -0.1) is 0 Å². The maximum atomic E-state index is 12.7. The molecule has 1 heterocycles. The quantitative estimate of drug-likeness (QED) is 0.848. The fraction of sp³-hybridized carbons (Fsp3) is 0.238. The van der Waals surface area contributed by atoms with E-state index in [0.717, 1.165) is 16.3 Å². The Hall–Kier alpha value is -3.26. The van der Waals surface area contributed by atoms with E-state index in [4.69, 9.17) is 15.2 Å². The van der Waals surface area contributed by atoms with Crippen LogP contribution in [0, 0.1) is 11.3 Å². The van der Waals surface area contributed by atoms with E-state index < -0.39 is 11.9 Å². The molecule has 2 N–H and O–H groups in total. The third kappa shape index (κ3) is 2.91. The van der Waals surface area contributed by atoms with Gasteiger partial charge in [0.2, 0.25) is 5.88 Å². The van der Waals surface area contributed by atoms with Crippen LogP contribution in [0.1, 0.15) is 31.7 Å². The van der Waals surface area contributed by atoms with Gasteiger partial charge in [0, 0.05) is 6.42 Å². The molecule has 0 saturated heterocycles. The highest BCUT2D eigenvalue weighted by Crippen LogP contribution is 2.42. The molecular weight excluding hydrogens is 328 g/mol. The molecule has 2 aromatic carbocycles. The monoisotopic (exact) mass is 348 g/mol. The predicted molar refractivity (Wildman–Crippen MR) is 98.6 cm³/mol. The standard InChI is InChI=1S/C21H20N2O3/c1-3-17-19(21(24)25-4-2)18(16(12-22)20(23)26-17)15-11-7-9-13-8-5-6-10-14(13)15/h5-11,18H,3-4,23H2,1-2H3/t18-/m0/s1. The summed E-state index contributed by atoms with van der Waals surface area (Å²) in [5.74, 6) is -0.621. The fourth-order valence-corrected chi connectivity index (χ4v) is 3.33. The Kier molecular flexibility index (Phi) is 4.94. The topological polar surface area (TPSA) is 85.3 Å². The Morgan fingerprint density at radius 1 is 1.23 bits per heavy atom. The molecule has 2 aromatic rings. The fourth-order valence-electron chi connectivity index (χ4n) is 3.33. The lowest BCUT2D eigenvalue weighted by molar-refractivity contribution is -0.139. The number of rotatable bonds is 4. The number of nitriles is 1. The number of carbonyl (C=O) groups is 1.